The normalized spacial score (nSPS) is 19.7. The SMILES string of the molecule is CCCN=C(NCCc1ccco1)NC1CCN(CC(F)(F)F)C1. The highest BCUT2D eigenvalue weighted by Gasteiger charge is 2.34. The third kappa shape index (κ3) is 6.82. The molecule has 136 valence electrons. The lowest BCUT2D eigenvalue weighted by Crippen LogP contribution is -2.45. The number of guanidine groups is 1. The second-order valence-electron chi connectivity index (χ2n) is 5.97. The summed E-state index contributed by atoms with van der Waals surface area (Å²) in [4.78, 5) is 5.88. The Balaban J connectivity index is 1.78. The molecule has 0 amide bonds. The summed E-state index contributed by atoms with van der Waals surface area (Å²) in [6, 6.07) is 3.73. The van der Waals surface area contributed by atoms with Gasteiger partial charge in [-0.25, -0.2) is 0 Å². The molecule has 1 aromatic heterocycles. The minimum absolute atomic E-state index is 0.0148. The van der Waals surface area contributed by atoms with Gasteiger partial charge in [0.05, 0.1) is 12.8 Å². The van der Waals surface area contributed by atoms with Gasteiger partial charge in [-0.2, -0.15) is 13.2 Å². The summed E-state index contributed by atoms with van der Waals surface area (Å²) < 4.78 is 42.7. The Hall–Kier alpha value is -1.70. The molecule has 0 spiro atoms. The number of nitrogens with one attached hydrogen (secondary N) is 2. The average Bonchev–Trinajstić information content (AvgIpc) is 3.15. The lowest BCUT2D eigenvalue weighted by molar-refractivity contribution is -0.143. The van der Waals surface area contributed by atoms with Gasteiger partial charge in [0, 0.05) is 38.6 Å². The molecule has 0 aromatic carbocycles. The maximum atomic E-state index is 12.5. The molecule has 0 radical (unpaired) electrons. The van der Waals surface area contributed by atoms with Crippen LogP contribution in [-0.2, 0) is 6.42 Å². The standard InChI is InChI=1S/C16H25F3N4O/c1-2-7-20-15(21-8-5-14-4-3-10-24-14)22-13-6-9-23(11-13)12-16(17,18)19/h3-4,10,13H,2,5-9,11-12H2,1H3,(H2,20,21,22). The number of halogens is 3. The number of nitrogens with zero attached hydrogens (tertiary/aromatic N) is 2. The predicted molar refractivity (Wildman–Crippen MR) is 87.0 cm³/mol. The number of hydrogen-bond acceptors (Lipinski definition) is 3. The van der Waals surface area contributed by atoms with Crippen molar-refractivity contribution < 1.29 is 17.6 Å². The Labute approximate surface area is 140 Å². The van der Waals surface area contributed by atoms with Gasteiger partial charge < -0.3 is 15.1 Å². The van der Waals surface area contributed by atoms with Crippen molar-refractivity contribution >= 4 is 5.96 Å². The van der Waals surface area contributed by atoms with Gasteiger partial charge in [-0.15, -0.1) is 0 Å². The largest absolute Gasteiger partial charge is 0.469 e. The molecule has 1 unspecified atom stereocenters. The molecule has 1 atom stereocenters. The van der Waals surface area contributed by atoms with Gasteiger partial charge in [0.15, 0.2) is 5.96 Å². The van der Waals surface area contributed by atoms with Gasteiger partial charge in [0.25, 0.3) is 0 Å². The number of likely N-dealkylation sites (tertiary alicyclic amines) is 1. The van der Waals surface area contributed by atoms with Crippen LogP contribution in [0.2, 0.25) is 0 Å². The van der Waals surface area contributed by atoms with Crippen LogP contribution in [0.25, 0.3) is 0 Å². The molecule has 24 heavy (non-hydrogen) atoms. The third-order valence-electron chi connectivity index (χ3n) is 3.75. The van der Waals surface area contributed by atoms with Crippen molar-refractivity contribution in [1.82, 2.24) is 15.5 Å². The second-order valence-corrected chi connectivity index (χ2v) is 5.97. The molecule has 0 bridgehead atoms. The van der Waals surface area contributed by atoms with Gasteiger partial charge >= 0.3 is 6.18 Å². The van der Waals surface area contributed by atoms with Crippen molar-refractivity contribution in [1.29, 1.82) is 0 Å². The van der Waals surface area contributed by atoms with E-state index in [1.54, 1.807) is 6.26 Å². The zero-order valence-electron chi connectivity index (χ0n) is 13.9. The topological polar surface area (TPSA) is 52.8 Å². The van der Waals surface area contributed by atoms with Crippen LogP contribution >= 0.6 is 0 Å². The van der Waals surface area contributed by atoms with E-state index in [9.17, 15) is 13.2 Å². The highest BCUT2D eigenvalue weighted by atomic mass is 19.4. The molecule has 1 fully saturated rings. The summed E-state index contributed by atoms with van der Waals surface area (Å²) in [5, 5.41) is 6.47. The molecular weight excluding hydrogens is 321 g/mol. The van der Waals surface area contributed by atoms with Gasteiger partial charge in [-0.3, -0.25) is 9.89 Å². The van der Waals surface area contributed by atoms with E-state index >= 15 is 0 Å². The molecule has 1 saturated heterocycles. The first-order valence-corrected chi connectivity index (χ1v) is 8.32. The summed E-state index contributed by atoms with van der Waals surface area (Å²) in [7, 11) is 0. The minimum Gasteiger partial charge on any atom is -0.469 e. The minimum atomic E-state index is -4.14. The zero-order valence-corrected chi connectivity index (χ0v) is 13.9. The first kappa shape index (κ1) is 18.6. The summed E-state index contributed by atoms with van der Waals surface area (Å²) >= 11 is 0. The molecule has 5 nitrogen and oxygen atoms in total. The molecule has 1 aliphatic rings. The molecule has 1 aromatic rings. The maximum absolute atomic E-state index is 12.5. The predicted octanol–water partition coefficient (Wildman–Crippen LogP) is 2.40. The van der Waals surface area contributed by atoms with Crippen molar-refractivity contribution in [2.45, 2.75) is 38.4 Å². The zero-order chi connectivity index (χ0) is 17.4. The summed E-state index contributed by atoms with van der Waals surface area (Å²) in [5.41, 5.74) is 0. The number of alkyl halides is 3. The Morgan fingerprint density at radius 1 is 1.46 bits per heavy atom. The van der Waals surface area contributed by atoms with E-state index in [-0.39, 0.29) is 6.04 Å². The van der Waals surface area contributed by atoms with E-state index in [1.165, 1.54) is 4.90 Å². The van der Waals surface area contributed by atoms with Crippen LogP contribution < -0.4 is 10.6 Å². The van der Waals surface area contributed by atoms with Crippen LogP contribution in [0.4, 0.5) is 13.2 Å². The van der Waals surface area contributed by atoms with E-state index in [0.717, 1.165) is 18.6 Å². The van der Waals surface area contributed by atoms with E-state index in [0.29, 0.717) is 38.6 Å². The van der Waals surface area contributed by atoms with Crippen LogP contribution in [0, 0.1) is 0 Å². The molecule has 8 heteroatoms. The van der Waals surface area contributed by atoms with Gasteiger partial charge in [-0.1, -0.05) is 6.92 Å². The van der Waals surface area contributed by atoms with Gasteiger partial charge in [0.2, 0.25) is 0 Å². The van der Waals surface area contributed by atoms with Crippen LogP contribution in [0.1, 0.15) is 25.5 Å². The first-order valence-electron chi connectivity index (χ1n) is 8.32. The Morgan fingerprint density at radius 3 is 2.96 bits per heavy atom. The van der Waals surface area contributed by atoms with Crippen molar-refractivity contribution in [3.8, 4) is 0 Å². The van der Waals surface area contributed by atoms with Crippen molar-refractivity contribution in [2.24, 2.45) is 4.99 Å². The molecule has 2 N–H and O–H groups in total. The Morgan fingerprint density at radius 2 is 2.29 bits per heavy atom. The number of rotatable bonds is 7. The molecule has 0 aliphatic carbocycles. The monoisotopic (exact) mass is 346 g/mol. The lowest BCUT2D eigenvalue weighted by Gasteiger charge is -2.20. The maximum Gasteiger partial charge on any atom is 0.401 e. The molecular formula is C16H25F3N4O. The van der Waals surface area contributed by atoms with Crippen LogP contribution in [-0.4, -0.2) is 55.8 Å². The Kier molecular flexibility index (Phi) is 6.96. The number of aliphatic imine (C=N–C) groups is 1. The quantitative estimate of drug-likeness (QED) is 0.588. The first-order chi connectivity index (χ1) is 11.5. The van der Waals surface area contributed by atoms with Crippen LogP contribution in [0.15, 0.2) is 27.8 Å². The fourth-order valence-electron chi connectivity index (χ4n) is 2.68. The fourth-order valence-corrected chi connectivity index (χ4v) is 2.68. The highest BCUT2D eigenvalue weighted by Crippen LogP contribution is 2.19. The fraction of sp³-hybridized carbons (Fsp3) is 0.688. The van der Waals surface area contributed by atoms with Crippen molar-refractivity contribution in [2.75, 3.05) is 32.7 Å². The highest BCUT2D eigenvalue weighted by molar-refractivity contribution is 5.80. The number of hydrogen-bond donors (Lipinski definition) is 2. The van der Waals surface area contributed by atoms with E-state index in [1.807, 2.05) is 19.1 Å². The average molecular weight is 346 g/mol. The van der Waals surface area contributed by atoms with Crippen LogP contribution in [0.5, 0.6) is 0 Å². The summed E-state index contributed by atoms with van der Waals surface area (Å²) in [6.45, 7) is 3.34. The van der Waals surface area contributed by atoms with Crippen molar-refractivity contribution in [3.63, 3.8) is 0 Å². The van der Waals surface area contributed by atoms with Crippen LogP contribution in [0.3, 0.4) is 0 Å². The van der Waals surface area contributed by atoms with Gasteiger partial charge in [0.1, 0.15) is 5.76 Å². The number of furan rings is 1. The molecule has 0 saturated carbocycles. The van der Waals surface area contributed by atoms with Crippen molar-refractivity contribution in [3.05, 3.63) is 24.2 Å². The summed E-state index contributed by atoms with van der Waals surface area (Å²) in [6.07, 6.45) is -0.190. The second kappa shape index (κ2) is 8.96. The van der Waals surface area contributed by atoms with E-state index in [2.05, 4.69) is 15.6 Å². The third-order valence-corrected chi connectivity index (χ3v) is 3.75. The van der Waals surface area contributed by atoms with E-state index in [4.69, 9.17) is 4.42 Å². The Bertz CT molecular complexity index is 502. The molecule has 1 aliphatic heterocycles. The van der Waals surface area contributed by atoms with E-state index < -0.39 is 12.7 Å². The smallest absolute Gasteiger partial charge is 0.401 e. The molecule has 2 rings (SSSR count). The molecule has 2 heterocycles. The lowest BCUT2D eigenvalue weighted by atomic mass is 10.3. The summed E-state index contributed by atoms with van der Waals surface area (Å²) in [5.74, 6) is 1.54. The van der Waals surface area contributed by atoms with Gasteiger partial charge in [-0.05, 0) is 25.0 Å².